The van der Waals surface area contributed by atoms with Crippen LogP contribution in [-0.2, 0) is 11.2 Å². The van der Waals surface area contributed by atoms with Gasteiger partial charge in [0.15, 0.2) is 0 Å². The van der Waals surface area contributed by atoms with Crippen molar-refractivity contribution in [1.82, 2.24) is 5.32 Å². The average Bonchev–Trinajstić information content (AvgIpc) is 2.19. The molecule has 0 aromatic heterocycles. The van der Waals surface area contributed by atoms with Gasteiger partial charge in [0.2, 0.25) is 5.91 Å². The quantitative estimate of drug-likeness (QED) is 0.628. The maximum atomic E-state index is 11.2. The molecule has 6 heteroatoms. The van der Waals surface area contributed by atoms with Crippen LogP contribution in [0.4, 0.5) is 5.69 Å². The molecule has 0 saturated heterocycles. The summed E-state index contributed by atoms with van der Waals surface area (Å²) >= 11 is 0. The third-order valence-electron chi connectivity index (χ3n) is 2.03. The first kappa shape index (κ1) is 12.3. The van der Waals surface area contributed by atoms with Crippen LogP contribution in [0.2, 0.25) is 0 Å². The van der Waals surface area contributed by atoms with Gasteiger partial charge in [0.1, 0.15) is 0 Å². The Labute approximate surface area is 92.7 Å². The van der Waals surface area contributed by atoms with Gasteiger partial charge in [-0.2, -0.15) is 0 Å². The molecule has 16 heavy (non-hydrogen) atoms. The van der Waals surface area contributed by atoms with E-state index in [4.69, 9.17) is 10.4 Å². The van der Waals surface area contributed by atoms with Gasteiger partial charge in [-0.1, -0.05) is 17.9 Å². The van der Waals surface area contributed by atoms with Crippen LogP contribution in [0.15, 0.2) is 18.2 Å². The summed E-state index contributed by atoms with van der Waals surface area (Å²) in [4.78, 5) is 10.6. The fraction of sp³-hybridized carbons (Fsp3) is 0.300. The monoisotopic (exact) mass is 225 g/mol. The van der Waals surface area contributed by atoms with Gasteiger partial charge in [-0.25, -0.2) is 0 Å². The molecule has 0 bridgehead atoms. The number of hydrogen-bond donors (Lipinski definition) is 3. The lowest BCUT2D eigenvalue weighted by atomic mass is 10.1. The zero-order chi connectivity index (χ0) is 12.1. The van der Waals surface area contributed by atoms with Crippen molar-refractivity contribution in [1.29, 1.82) is 0 Å². The number of carbonyl (C=O) groups is 1. The standard InChI is InChI=1S/C10H14N2O4/c1-7(13)11-5-4-8-2-3-10(14)9(6-8)12(15)16/h2-3,6,14-16H,4-5H2,1H3,(H,11,13)/p-1. The summed E-state index contributed by atoms with van der Waals surface area (Å²) in [5.41, 5.74) is 0.525. The highest BCUT2D eigenvalue weighted by atomic mass is 16.8. The molecule has 0 unspecified atom stereocenters. The summed E-state index contributed by atoms with van der Waals surface area (Å²) < 4.78 is 0. The highest BCUT2D eigenvalue weighted by molar-refractivity contribution is 5.72. The van der Waals surface area contributed by atoms with Crippen molar-refractivity contribution in [2.24, 2.45) is 0 Å². The smallest absolute Gasteiger partial charge is 0.216 e. The Hall–Kier alpha value is -1.79. The van der Waals surface area contributed by atoms with Gasteiger partial charge < -0.3 is 10.4 Å². The first-order valence-electron chi connectivity index (χ1n) is 4.73. The molecule has 1 amide bonds. The molecule has 1 rings (SSSR count). The normalized spacial score (nSPS) is 9.94. The van der Waals surface area contributed by atoms with Gasteiger partial charge in [0.05, 0.1) is 5.69 Å². The molecule has 0 spiro atoms. The van der Waals surface area contributed by atoms with Gasteiger partial charge in [-0.05, 0) is 18.1 Å². The van der Waals surface area contributed by atoms with Crippen molar-refractivity contribution in [2.45, 2.75) is 13.3 Å². The van der Waals surface area contributed by atoms with E-state index in [9.17, 15) is 9.90 Å². The molecule has 0 aliphatic rings. The van der Waals surface area contributed by atoms with E-state index in [1.54, 1.807) is 6.07 Å². The van der Waals surface area contributed by atoms with Crippen LogP contribution in [-0.4, -0.2) is 22.9 Å². The number of nitrogens with zero attached hydrogens (tertiary/aromatic N) is 1. The number of nitrogens with one attached hydrogen (secondary N) is 1. The number of hydrogen-bond acceptors (Lipinski definition) is 5. The lowest BCUT2D eigenvalue weighted by molar-refractivity contribution is -0.268. The Morgan fingerprint density at radius 1 is 1.50 bits per heavy atom. The Kier molecular flexibility index (Phi) is 4.10. The first-order valence-corrected chi connectivity index (χ1v) is 4.73. The number of benzene rings is 1. The predicted molar refractivity (Wildman–Crippen MR) is 54.3 cm³/mol. The molecule has 0 saturated carbocycles. The van der Waals surface area contributed by atoms with Crippen LogP contribution in [0, 0.1) is 0 Å². The van der Waals surface area contributed by atoms with Gasteiger partial charge in [0, 0.05) is 13.5 Å². The highest BCUT2D eigenvalue weighted by Gasteiger charge is 2.02. The maximum absolute atomic E-state index is 11.2. The lowest BCUT2D eigenvalue weighted by Crippen LogP contribution is -2.22. The molecule has 1 aromatic rings. The SMILES string of the molecule is CC(=O)NCCc1ccc([O-])c(N(O)O)c1. The number of anilines is 1. The molecule has 0 fully saturated rings. The highest BCUT2D eigenvalue weighted by Crippen LogP contribution is 2.23. The van der Waals surface area contributed by atoms with E-state index in [2.05, 4.69) is 5.32 Å². The zero-order valence-corrected chi connectivity index (χ0v) is 8.80. The van der Waals surface area contributed by atoms with Crippen LogP contribution in [0.3, 0.4) is 0 Å². The van der Waals surface area contributed by atoms with Crippen LogP contribution in [0.1, 0.15) is 12.5 Å². The van der Waals surface area contributed by atoms with Gasteiger partial charge >= 0.3 is 0 Å². The topological polar surface area (TPSA) is 95.9 Å². The van der Waals surface area contributed by atoms with Gasteiger partial charge in [-0.15, -0.1) is 5.23 Å². The van der Waals surface area contributed by atoms with Crippen LogP contribution >= 0.6 is 0 Å². The fourth-order valence-electron chi connectivity index (χ4n) is 1.26. The Morgan fingerprint density at radius 3 is 2.75 bits per heavy atom. The largest absolute Gasteiger partial charge is 0.871 e. The molecule has 6 nitrogen and oxygen atoms in total. The van der Waals surface area contributed by atoms with Crippen molar-refractivity contribution >= 4 is 11.6 Å². The van der Waals surface area contributed by atoms with Gasteiger partial charge in [0.25, 0.3) is 0 Å². The van der Waals surface area contributed by atoms with E-state index in [0.717, 1.165) is 5.56 Å². The van der Waals surface area contributed by atoms with Crippen molar-refractivity contribution < 1.29 is 20.3 Å². The number of amides is 1. The molecule has 0 heterocycles. The summed E-state index contributed by atoms with van der Waals surface area (Å²) in [5.74, 6) is -0.611. The second-order valence-electron chi connectivity index (χ2n) is 3.32. The van der Waals surface area contributed by atoms with E-state index in [0.29, 0.717) is 13.0 Å². The van der Waals surface area contributed by atoms with Crippen LogP contribution in [0.5, 0.6) is 5.75 Å². The van der Waals surface area contributed by atoms with Crippen molar-refractivity contribution in [3.05, 3.63) is 23.8 Å². The van der Waals surface area contributed by atoms with Crippen LogP contribution < -0.4 is 15.6 Å². The number of carbonyl (C=O) groups excluding carboxylic acids is 1. The first-order chi connectivity index (χ1) is 7.50. The summed E-state index contributed by atoms with van der Waals surface area (Å²) in [7, 11) is 0. The molecule has 0 radical (unpaired) electrons. The van der Waals surface area contributed by atoms with Crippen molar-refractivity contribution in [3.8, 4) is 5.75 Å². The van der Waals surface area contributed by atoms with E-state index >= 15 is 0 Å². The van der Waals surface area contributed by atoms with E-state index in [1.807, 2.05) is 0 Å². The molecule has 3 N–H and O–H groups in total. The number of rotatable bonds is 4. The lowest BCUT2D eigenvalue weighted by Gasteiger charge is -2.17. The minimum absolute atomic E-state index is 0.133. The summed E-state index contributed by atoms with van der Waals surface area (Å²) in [6.07, 6.45) is 0.515. The van der Waals surface area contributed by atoms with Crippen molar-refractivity contribution in [2.75, 3.05) is 11.8 Å². The third-order valence-corrected chi connectivity index (χ3v) is 2.03. The van der Waals surface area contributed by atoms with E-state index in [1.165, 1.54) is 19.1 Å². The predicted octanol–water partition coefficient (Wildman–Crippen LogP) is 0.0236. The zero-order valence-electron chi connectivity index (χ0n) is 8.80. The molecule has 88 valence electrons. The molecular weight excluding hydrogens is 212 g/mol. The molecular formula is C10H13N2O4-. The summed E-state index contributed by atoms with van der Waals surface area (Å²) in [6, 6.07) is 4.19. The molecule has 0 aliphatic carbocycles. The van der Waals surface area contributed by atoms with E-state index < -0.39 is 5.75 Å². The van der Waals surface area contributed by atoms with E-state index in [-0.39, 0.29) is 16.8 Å². The van der Waals surface area contributed by atoms with Crippen LogP contribution in [0.25, 0.3) is 0 Å². The van der Waals surface area contributed by atoms with Gasteiger partial charge in [-0.3, -0.25) is 15.2 Å². The molecule has 1 aromatic carbocycles. The summed E-state index contributed by atoms with van der Waals surface area (Å²) in [5, 5.41) is 31.1. The minimum atomic E-state index is -0.478. The Morgan fingerprint density at radius 2 is 2.19 bits per heavy atom. The maximum Gasteiger partial charge on any atom is 0.216 e. The fourth-order valence-corrected chi connectivity index (χ4v) is 1.26. The van der Waals surface area contributed by atoms with Crippen molar-refractivity contribution in [3.63, 3.8) is 0 Å². The Balaban J connectivity index is 2.67. The Bertz CT molecular complexity index is 379. The molecule has 0 aliphatic heterocycles. The summed E-state index contributed by atoms with van der Waals surface area (Å²) in [6.45, 7) is 1.85. The average molecular weight is 225 g/mol. The molecule has 0 atom stereocenters. The second-order valence-corrected chi connectivity index (χ2v) is 3.32. The third kappa shape index (κ3) is 3.41. The second kappa shape index (κ2) is 5.34. The minimum Gasteiger partial charge on any atom is -0.871 e.